The lowest BCUT2D eigenvalue weighted by molar-refractivity contribution is -0.242. The van der Waals surface area contributed by atoms with Crippen LogP contribution >= 0.6 is 0 Å². The van der Waals surface area contributed by atoms with Crippen LogP contribution in [0.25, 0.3) is 0 Å². The van der Waals surface area contributed by atoms with E-state index in [9.17, 15) is 10.2 Å². The molecule has 1 aromatic rings. The van der Waals surface area contributed by atoms with Gasteiger partial charge in [0.1, 0.15) is 0 Å². The molecule has 2 N–H and O–H groups in total. The fourth-order valence-corrected chi connectivity index (χ4v) is 6.10. The van der Waals surface area contributed by atoms with Crippen molar-refractivity contribution in [2.45, 2.75) is 42.1 Å². The molecule has 2 bridgehead atoms. The summed E-state index contributed by atoms with van der Waals surface area (Å²) in [5.41, 5.74) is 0.738. The van der Waals surface area contributed by atoms with Crippen LogP contribution in [0, 0.1) is 0 Å². The van der Waals surface area contributed by atoms with Crippen molar-refractivity contribution in [3.63, 3.8) is 0 Å². The lowest BCUT2D eigenvalue weighted by atomic mass is 9.53. The number of aromatic hydroxyl groups is 1. The fourth-order valence-electron chi connectivity index (χ4n) is 6.10. The summed E-state index contributed by atoms with van der Waals surface area (Å²) in [4.78, 5) is 2.20. The van der Waals surface area contributed by atoms with Gasteiger partial charge in [-0.05, 0) is 44.1 Å². The van der Waals surface area contributed by atoms with E-state index in [-0.39, 0.29) is 11.9 Å². The van der Waals surface area contributed by atoms with E-state index < -0.39 is 16.7 Å². The molecule has 2 aliphatic heterocycles. The molecule has 2 fully saturated rings. The van der Waals surface area contributed by atoms with Gasteiger partial charge in [0, 0.05) is 17.4 Å². The molecule has 4 atom stereocenters. The maximum absolute atomic E-state index is 11.7. The number of phenols is 1. The molecule has 5 rings (SSSR count). The van der Waals surface area contributed by atoms with Crippen molar-refractivity contribution in [2.24, 2.45) is 0 Å². The third kappa shape index (κ3) is 1.38. The van der Waals surface area contributed by atoms with Crippen molar-refractivity contribution in [3.8, 4) is 11.5 Å². The Balaban J connectivity index is 1.88. The van der Waals surface area contributed by atoms with Gasteiger partial charge in [0.2, 0.25) is 5.79 Å². The van der Waals surface area contributed by atoms with Gasteiger partial charge in [0.15, 0.2) is 17.3 Å². The Morgan fingerprint density at radius 2 is 2.08 bits per heavy atom. The average Bonchev–Trinajstić information content (AvgIpc) is 3.08. The molecule has 0 amide bonds. The summed E-state index contributed by atoms with van der Waals surface area (Å²) in [5, 5.41) is 22.7. The molecule has 2 heterocycles. The topological polar surface area (TPSA) is 71.4 Å². The van der Waals surface area contributed by atoms with E-state index in [1.54, 1.807) is 20.3 Å². The van der Waals surface area contributed by atoms with Crippen LogP contribution in [-0.2, 0) is 14.9 Å². The van der Waals surface area contributed by atoms with Crippen LogP contribution in [0.4, 0.5) is 0 Å². The van der Waals surface area contributed by atoms with Crippen LogP contribution in [0.3, 0.4) is 0 Å². The van der Waals surface area contributed by atoms with E-state index in [1.165, 1.54) is 0 Å². The van der Waals surface area contributed by atoms with Crippen molar-refractivity contribution in [3.05, 3.63) is 35.1 Å². The van der Waals surface area contributed by atoms with Crippen molar-refractivity contribution < 1.29 is 24.4 Å². The number of likely N-dealkylation sites (tertiary alicyclic amines) is 1. The number of aliphatic hydroxyl groups is 1. The SMILES string of the molecule is COC1=CC[C@]23CCN(C)[C@@]24C[C@H](O[C@@]14O)c1ccc(OC)c(O)c13. The molecule has 1 aromatic carbocycles. The average molecular weight is 345 g/mol. The van der Waals surface area contributed by atoms with Gasteiger partial charge in [-0.1, -0.05) is 6.07 Å². The molecule has 134 valence electrons. The first kappa shape index (κ1) is 15.5. The van der Waals surface area contributed by atoms with Crippen molar-refractivity contribution in [2.75, 3.05) is 27.8 Å². The second kappa shape index (κ2) is 4.50. The first-order valence-electron chi connectivity index (χ1n) is 8.71. The fraction of sp³-hybridized carbons (Fsp3) is 0.579. The summed E-state index contributed by atoms with van der Waals surface area (Å²) in [6.07, 6.45) is 3.84. The smallest absolute Gasteiger partial charge is 0.245 e. The molecule has 0 radical (unpaired) electrons. The van der Waals surface area contributed by atoms with Gasteiger partial charge >= 0.3 is 0 Å². The first-order chi connectivity index (χ1) is 11.9. The van der Waals surface area contributed by atoms with Gasteiger partial charge in [-0.15, -0.1) is 0 Å². The summed E-state index contributed by atoms with van der Waals surface area (Å²) in [6, 6.07) is 3.74. The Hall–Kier alpha value is -1.76. The number of nitrogens with zero attached hydrogens (tertiary/aromatic N) is 1. The summed E-state index contributed by atoms with van der Waals surface area (Å²) < 4.78 is 17.1. The third-order valence-electron chi connectivity index (χ3n) is 7.08. The van der Waals surface area contributed by atoms with Gasteiger partial charge in [0.05, 0.1) is 25.9 Å². The monoisotopic (exact) mass is 345 g/mol. The predicted molar refractivity (Wildman–Crippen MR) is 89.4 cm³/mol. The zero-order valence-electron chi connectivity index (χ0n) is 14.7. The molecule has 6 nitrogen and oxygen atoms in total. The summed E-state index contributed by atoms with van der Waals surface area (Å²) in [5.74, 6) is -0.413. The Bertz CT molecular complexity index is 807. The number of phenolic OH excluding ortho intramolecular Hbond substituents is 1. The number of allylic oxidation sites excluding steroid dienone is 1. The quantitative estimate of drug-likeness (QED) is 0.852. The lowest BCUT2D eigenvalue weighted by Crippen LogP contribution is -2.69. The number of methoxy groups -OCH3 is 2. The molecule has 25 heavy (non-hydrogen) atoms. The summed E-state index contributed by atoms with van der Waals surface area (Å²) >= 11 is 0. The Labute approximate surface area is 146 Å². The van der Waals surface area contributed by atoms with E-state index in [2.05, 4.69) is 4.90 Å². The summed E-state index contributed by atoms with van der Waals surface area (Å²) in [6.45, 7) is 0.819. The van der Waals surface area contributed by atoms with E-state index in [1.807, 2.05) is 19.2 Å². The van der Waals surface area contributed by atoms with Gasteiger partial charge < -0.3 is 24.4 Å². The van der Waals surface area contributed by atoms with E-state index in [0.29, 0.717) is 24.4 Å². The van der Waals surface area contributed by atoms with E-state index >= 15 is 0 Å². The highest BCUT2D eigenvalue weighted by molar-refractivity contribution is 5.61. The van der Waals surface area contributed by atoms with Crippen molar-refractivity contribution in [1.29, 1.82) is 0 Å². The van der Waals surface area contributed by atoms with Crippen LogP contribution < -0.4 is 4.74 Å². The van der Waals surface area contributed by atoms with Crippen LogP contribution in [0.2, 0.25) is 0 Å². The highest BCUT2D eigenvalue weighted by Gasteiger charge is 2.79. The number of ether oxygens (including phenoxy) is 3. The Morgan fingerprint density at radius 3 is 2.80 bits per heavy atom. The van der Waals surface area contributed by atoms with Crippen LogP contribution in [0.1, 0.15) is 36.5 Å². The van der Waals surface area contributed by atoms with Crippen LogP contribution in [0.15, 0.2) is 24.0 Å². The predicted octanol–water partition coefficient (Wildman–Crippen LogP) is 1.81. The molecule has 0 saturated carbocycles. The molecular formula is C19H23NO5. The molecular weight excluding hydrogens is 322 g/mol. The summed E-state index contributed by atoms with van der Waals surface area (Å²) in [7, 11) is 5.16. The highest BCUT2D eigenvalue weighted by Crippen LogP contribution is 2.72. The maximum Gasteiger partial charge on any atom is 0.245 e. The number of hydrogen-bond donors (Lipinski definition) is 2. The minimum Gasteiger partial charge on any atom is -0.504 e. The highest BCUT2D eigenvalue weighted by atomic mass is 16.7. The zero-order valence-corrected chi connectivity index (χ0v) is 14.7. The second-order valence-electron chi connectivity index (χ2n) is 7.63. The zero-order chi connectivity index (χ0) is 17.6. The molecule has 1 spiro atoms. The largest absolute Gasteiger partial charge is 0.504 e. The van der Waals surface area contributed by atoms with Crippen molar-refractivity contribution >= 4 is 0 Å². The normalized spacial score (nSPS) is 41.1. The maximum atomic E-state index is 11.7. The number of fused-ring (bicyclic) bond motifs is 3. The molecule has 6 heteroatoms. The number of benzene rings is 1. The number of hydrogen-bond acceptors (Lipinski definition) is 6. The third-order valence-corrected chi connectivity index (χ3v) is 7.08. The minimum absolute atomic E-state index is 0.173. The first-order valence-corrected chi connectivity index (χ1v) is 8.71. The Kier molecular flexibility index (Phi) is 2.79. The van der Waals surface area contributed by atoms with Gasteiger partial charge in [0.25, 0.3) is 0 Å². The van der Waals surface area contributed by atoms with Crippen LogP contribution in [-0.4, -0.2) is 54.3 Å². The Morgan fingerprint density at radius 1 is 1.28 bits per heavy atom. The minimum atomic E-state index is -1.52. The van der Waals surface area contributed by atoms with Gasteiger partial charge in [-0.25, -0.2) is 0 Å². The van der Waals surface area contributed by atoms with Crippen molar-refractivity contribution in [1.82, 2.24) is 4.90 Å². The number of rotatable bonds is 2. The lowest BCUT2D eigenvalue weighted by Gasteiger charge is -2.56. The molecule has 4 aliphatic rings. The second-order valence-corrected chi connectivity index (χ2v) is 7.63. The number of likely N-dealkylation sites (N-methyl/N-ethyl adjacent to an activating group) is 1. The molecule has 2 saturated heterocycles. The van der Waals surface area contributed by atoms with Crippen LogP contribution in [0.5, 0.6) is 11.5 Å². The molecule has 0 aromatic heterocycles. The van der Waals surface area contributed by atoms with Gasteiger partial charge in [-0.3, -0.25) is 4.90 Å². The van der Waals surface area contributed by atoms with Gasteiger partial charge in [-0.2, -0.15) is 0 Å². The van der Waals surface area contributed by atoms with E-state index in [4.69, 9.17) is 14.2 Å². The standard InChI is InChI=1S/C19H23NO5/c1-20-9-8-17-7-6-14(24-3)19(22)18(17,20)10-13(25-19)11-4-5-12(23-2)16(21)15(11)17/h4-6,13,21-22H,7-10H2,1-3H3/t13-,17+,18-,19-/m0/s1. The van der Waals surface area contributed by atoms with E-state index in [0.717, 1.165) is 24.1 Å². The molecule has 0 unspecified atom stereocenters. The molecule has 2 aliphatic carbocycles.